The van der Waals surface area contributed by atoms with Crippen molar-refractivity contribution in [3.05, 3.63) is 49.3 Å². The zero-order valence-corrected chi connectivity index (χ0v) is 70.7. The van der Waals surface area contributed by atoms with Crippen molar-refractivity contribution in [1.29, 1.82) is 10.5 Å². The number of aliphatic hydroxyl groups is 2. The fourth-order valence-corrected chi connectivity index (χ4v) is 16.7. The molecule has 0 aromatic carbocycles. The van der Waals surface area contributed by atoms with E-state index in [2.05, 4.69) is 143 Å². The van der Waals surface area contributed by atoms with Crippen LogP contribution in [-0.4, -0.2) is 178 Å². The van der Waals surface area contributed by atoms with Crippen molar-refractivity contribution in [1.82, 2.24) is 14.0 Å². The molecule has 29 heteroatoms. The molecule has 100 heavy (non-hydrogen) atoms. The summed E-state index contributed by atoms with van der Waals surface area (Å²) in [5, 5.41) is 41.3. The number of ether oxygens (including phenoxy) is 2. The minimum atomic E-state index is -2.92. The Morgan fingerprint density at radius 1 is 0.670 bits per heavy atom. The van der Waals surface area contributed by atoms with Gasteiger partial charge in [0.05, 0.1) is 82.5 Å². The molecule has 0 aliphatic heterocycles. The highest BCUT2D eigenvalue weighted by Crippen LogP contribution is 2.52. The molecule has 4 rings (SSSR count). The Morgan fingerprint density at radius 2 is 1.08 bits per heavy atom. The van der Waals surface area contributed by atoms with E-state index in [9.17, 15) is 23.6 Å². The zero-order valence-electron chi connectivity index (χ0n) is 66.3. The van der Waals surface area contributed by atoms with Crippen molar-refractivity contribution < 1.29 is 88.8 Å². The van der Waals surface area contributed by atoms with E-state index >= 15 is 0 Å². The van der Waals surface area contributed by atoms with Crippen LogP contribution in [0.15, 0.2) is 49.3 Å². The molecule has 2 saturated carbocycles. The number of carboxylic acids is 1. The second-order valence-corrected chi connectivity index (χ2v) is 35.2. The van der Waals surface area contributed by atoms with Gasteiger partial charge in [0.25, 0.3) is 14.5 Å². The Hall–Kier alpha value is -2.30. The predicted octanol–water partition coefficient (Wildman–Crippen LogP) is 19.1. The van der Waals surface area contributed by atoms with Crippen molar-refractivity contribution in [3.8, 4) is 12.1 Å². The van der Waals surface area contributed by atoms with E-state index in [1.54, 1.807) is 7.11 Å². The number of hydrogen-bond acceptors (Lipinski definition) is 23. The molecule has 3 N–H and O–H groups in total. The van der Waals surface area contributed by atoms with Gasteiger partial charge in [-0.3, -0.25) is 18.7 Å². The number of methoxy groups -OCH3 is 1. The average molecular weight is 1520 g/mol. The quantitative estimate of drug-likeness (QED) is 0.0244. The minimum absolute atomic E-state index is 0.0417. The van der Waals surface area contributed by atoms with Gasteiger partial charge in [-0.2, -0.15) is 10.5 Å². The number of carbonyl (C=O) groups excluding carboxylic acids is 1. The lowest BCUT2D eigenvalue weighted by Gasteiger charge is -2.43. The van der Waals surface area contributed by atoms with E-state index < -0.39 is 46.4 Å². The molecule has 4 unspecified atom stereocenters. The van der Waals surface area contributed by atoms with Gasteiger partial charge in [-0.05, 0) is 216 Å². The van der Waals surface area contributed by atoms with E-state index in [0.29, 0.717) is 86.3 Å². The van der Waals surface area contributed by atoms with Crippen molar-refractivity contribution in [3.63, 3.8) is 0 Å². The highest BCUT2D eigenvalue weighted by Gasteiger charge is 2.34. The van der Waals surface area contributed by atoms with Gasteiger partial charge in [-0.15, -0.1) is 22.2 Å². The molecule has 0 aromatic rings. The molecule has 0 heterocycles. The average Bonchev–Trinajstić information content (AvgIpc) is 0.846. The summed E-state index contributed by atoms with van der Waals surface area (Å²) in [5.74, 6) is 2.17. The number of aliphatic hydroxyl groups excluding tert-OH is 2. The van der Waals surface area contributed by atoms with Crippen LogP contribution in [0.4, 0.5) is 0 Å². The summed E-state index contributed by atoms with van der Waals surface area (Å²) in [4.78, 5) is 19.6. The summed E-state index contributed by atoms with van der Waals surface area (Å²) >= 11 is 0. The third-order valence-electron chi connectivity index (χ3n) is 15.6. The number of esters is 1. The Kier molecular flexibility index (Phi) is 69.1. The van der Waals surface area contributed by atoms with Crippen LogP contribution >= 0.6 is 40.4 Å². The summed E-state index contributed by atoms with van der Waals surface area (Å²) in [6.45, 7) is 41.9. The van der Waals surface area contributed by atoms with Gasteiger partial charge in [0, 0.05) is 104 Å². The van der Waals surface area contributed by atoms with E-state index in [4.69, 9.17) is 66.7 Å². The summed E-state index contributed by atoms with van der Waals surface area (Å²) in [6.07, 6.45) is 28.5. The largest absolute Gasteiger partial charge is 0.696 e. The number of rotatable bonds is 32. The topological polar surface area (TPSA) is 305 Å². The van der Waals surface area contributed by atoms with Crippen molar-refractivity contribution in [2.24, 2.45) is 23.7 Å². The molecule has 0 aromatic heterocycles. The molecule has 4 aliphatic rings. The van der Waals surface area contributed by atoms with E-state index in [-0.39, 0.29) is 23.8 Å². The van der Waals surface area contributed by atoms with Gasteiger partial charge >= 0.3 is 29.4 Å². The van der Waals surface area contributed by atoms with E-state index in [1.807, 2.05) is 32.9 Å². The molecule has 0 spiro atoms. The van der Waals surface area contributed by atoms with E-state index in [0.717, 1.165) is 116 Å². The van der Waals surface area contributed by atoms with Gasteiger partial charge in [-0.25, -0.2) is 14.0 Å². The number of carboxylic acid groups (broad SMARTS) is 1. The molecular weight excluding hydrogens is 1380 g/mol. The summed E-state index contributed by atoms with van der Waals surface area (Å²) in [7, 11) is 1.53. The molecule has 0 bridgehead atoms. The normalized spacial score (nSPS) is 19.5. The second-order valence-electron chi connectivity index (χ2n) is 26.1. The molecular formula is C71H141N5O19P5+. The highest BCUT2D eigenvalue weighted by molar-refractivity contribution is 7.54. The zero-order chi connectivity index (χ0) is 78.0. The van der Waals surface area contributed by atoms with Crippen LogP contribution in [0.5, 0.6) is 0 Å². The second kappa shape index (κ2) is 65.0. The molecule has 2 fully saturated rings. The Balaban J connectivity index is -0.000000367. The third kappa shape index (κ3) is 57.0. The van der Waals surface area contributed by atoms with Crippen LogP contribution in [0.2, 0.25) is 0 Å². The van der Waals surface area contributed by atoms with Crippen LogP contribution in [0.3, 0.4) is 0 Å². The summed E-state index contributed by atoms with van der Waals surface area (Å²) < 4.78 is 97.6. The van der Waals surface area contributed by atoms with Gasteiger partial charge in [0.1, 0.15) is 5.76 Å². The molecule has 0 amide bonds. The Bertz CT molecular complexity index is 2280. The molecule has 4 aliphatic carbocycles. The standard InChI is InChI=1S/C19H38N2O5P2.C14H30N3OP.C10H21O4P.C10H14O2.C8H12.C5H12O.C2H6O3P.C2H4O2.CH4O/c1-16(2)21(17(3)4)27(25-14-7-13-20)26-19-10-8-18(9-11-19)12-15-28(22,23-5)24-6;1-8-16(12(2)3)19(18-11-9-10-15)17(13(4)5)14(6)7;1-13-15(12,14-2)8-7-9-3-5-10(11)6-4-9;1-3-9-4-6-10(7-5-9)12-8(2)11;1-2-8-6-4-3-5-7-8;1-5(2,3)6-4;1-4-6(3)5-2;1-2(3)4;1-2/h16-19H,7-12,14-15H2,1-6H3;12-14H,8-9,11H2,1-7H3;9-11H,3-8H2,1-2H3;3,6,9H,1,4-5,7H2,2H3;2-4,8H,1,5-7H2;1-4H3;1-2H3;1H3,(H,3,4);2H,1H3/q;;;;;;+1;;. The van der Waals surface area contributed by atoms with E-state index in [1.165, 1.54) is 68.8 Å². The Labute approximate surface area is 611 Å². The molecule has 4 atom stereocenters. The fraction of sp³-hybridized carbons (Fsp3) is 0.831. The molecule has 0 saturated heterocycles. The highest BCUT2D eigenvalue weighted by atomic mass is 31.2. The number of carbonyl (C=O) groups is 2. The first-order chi connectivity index (χ1) is 47.0. The van der Waals surface area contributed by atoms with Crippen LogP contribution in [-0.2, 0) is 73.5 Å². The van der Waals surface area contributed by atoms with Crippen molar-refractivity contribution in [2.45, 2.75) is 274 Å². The van der Waals surface area contributed by atoms with Crippen molar-refractivity contribution >= 4 is 52.4 Å². The third-order valence-corrected chi connectivity index (χ3v) is 25.2. The first-order valence-corrected chi connectivity index (χ1v) is 42.0. The maximum absolute atomic E-state index is 12.2. The SMILES string of the molecule is C=CC1CC=C(OC(C)=O)CC1.C=CC1CC=CCC1.CC(=O)O.CCN(C(C)C)P(OCCC#N)N(C(C)C)C(C)C.CO.COC(C)(C)C.COP(=O)(CCC1CCC(O)CC1)OC.COP(=O)(CCC1CCC(OP(OCCC#N)N(C(C)C)C(C)C)CC1)OC.CO[P+](=O)OC. The smallest absolute Gasteiger partial charge is 0.481 e. The summed E-state index contributed by atoms with van der Waals surface area (Å²) in [6, 6.07) is 6.21. The van der Waals surface area contributed by atoms with Gasteiger partial charge in [0.15, 0.2) is 8.45 Å². The number of nitriles is 2. The molecule has 0 radical (unpaired) electrons. The van der Waals surface area contributed by atoms with Gasteiger partial charge in [-0.1, -0.05) is 31.2 Å². The number of hydrogen-bond donors (Lipinski definition) is 3. The fourth-order valence-electron chi connectivity index (χ4n) is 10.1. The monoisotopic (exact) mass is 1520 g/mol. The number of nitrogens with zero attached hydrogens (tertiary/aromatic N) is 5. The van der Waals surface area contributed by atoms with Gasteiger partial charge < -0.3 is 56.5 Å². The first-order valence-electron chi connectivity index (χ1n) is 35.2. The number of allylic oxidation sites excluding steroid dienone is 6. The first kappa shape index (κ1) is 106. The predicted molar refractivity (Wildman–Crippen MR) is 409 cm³/mol. The Morgan fingerprint density at radius 3 is 1.37 bits per heavy atom. The van der Waals surface area contributed by atoms with Gasteiger partial charge in [0.2, 0.25) is 0 Å². The summed E-state index contributed by atoms with van der Waals surface area (Å²) in [5.41, 5.74) is 0.0417. The maximum Gasteiger partial charge on any atom is 0.696 e. The van der Waals surface area contributed by atoms with Crippen LogP contribution < -0.4 is 0 Å². The lowest BCUT2D eigenvalue weighted by atomic mass is 9.86. The van der Waals surface area contributed by atoms with Crippen LogP contribution in [0.1, 0.15) is 226 Å². The molecule has 24 nitrogen and oxygen atoms in total. The minimum Gasteiger partial charge on any atom is -0.481 e. The van der Waals surface area contributed by atoms with Crippen LogP contribution in [0.25, 0.3) is 0 Å². The lowest BCUT2D eigenvalue weighted by Crippen LogP contribution is -2.40. The molecule has 588 valence electrons. The maximum atomic E-state index is 12.2. The number of aliphatic carboxylic acids is 1. The van der Waals surface area contributed by atoms with Crippen molar-refractivity contribution in [2.75, 3.05) is 89.0 Å². The van der Waals surface area contributed by atoms with Crippen LogP contribution in [0, 0.1) is 46.3 Å². The lowest BCUT2D eigenvalue weighted by molar-refractivity contribution is -0.137.